The molecule has 27 heavy (non-hydrogen) atoms. The lowest BCUT2D eigenvalue weighted by Crippen LogP contribution is -2.52. The van der Waals surface area contributed by atoms with Crippen molar-refractivity contribution < 1.29 is 8.42 Å². The molecule has 1 aromatic carbocycles. The first kappa shape index (κ1) is 21.8. The number of guanidine groups is 1. The maximum Gasteiger partial charge on any atom is 0.211 e. The number of sulfonamides is 1. The molecule has 0 aromatic heterocycles. The highest BCUT2D eigenvalue weighted by Crippen LogP contribution is 2.25. The second-order valence-corrected chi connectivity index (χ2v) is 8.82. The summed E-state index contributed by atoms with van der Waals surface area (Å²) in [6.07, 6.45) is 0.674. The quantitative estimate of drug-likeness (QED) is 0.384. The topological polar surface area (TPSA) is 77.0 Å². The molecule has 0 atom stereocenters. The fourth-order valence-corrected chi connectivity index (χ4v) is 3.80. The summed E-state index contributed by atoms with van der Waals surface area (Å²) >= 11 is 6.31. The van der Waals surface area contributed by atoms with Crippen LogP contribution in [0.3, 0.4) is 0 Å². The van der Waals surface area contributed by atoms with Gasteiger partial charge in [0.25, 0.3) is 0 Å². The summed E-state index contributed by atoms with van der Waals surface area (Å²) in [5.41, 5.74) is 1.07. The van der Waals surface area contributed by atoms with Crippen molar-refractivity contribution in [2.45, 2.75) is 20.3 Å². The number of rotatable bonds is 8. The van der Waals surface area contributed by atoms with Gasteiger partial charge in [0, 0.05) is 45.8 Å². The normalized spacial score (nSPS) is 15.9. The Balaban J connectivity index is 1.85. The Hall–Kier alpha value is -1.51. The highest BCUT2D eigenvalue weighted by molar-refractivity contribution is 7.89. The summed E-state index contributed by atoms with van der Waals surface area (Å²) < 4.78 is 25.4. The maximum atomic E-state index is 11.4. The van der Waals surface area contributed by atoms with Crippen LogP contribution in [0.1, 0.15) is 20.3 Å². The van der Waals surface area contributed by atoms with Crippen LogP contribution in [0.2, 0.25) is 5.02 Å². The van der Waals surface area contributed by atoms with E-state index in [0.717, 1.165) is 49.4 Å². The lowest BCUT2D eigenvalue weighted by molar-refractivity contribution is 0.372. The number of nitrogens with zero attached hydrogens (tertiary/aromatic N) is 3. The van der Waals surface area contributed by atoms with Crippen LogP contribution in [0.5, 0.6) is 0 Å². The van der Waals surface area contributed by atoms with Crippen molar-refractivity contribution in [3.63, 3.8) is 0 Å². The van der Waals surface area contributed by atoms with Crippen molar-refractivity contribution in [3.05, 3.63) is 29.3 Å². The zero-order valence-electron chi connectivity index (χ0n) is 16.1. The molecule has 2 N–H and O–H groups in total. The van der Waals surface area contributed by atoms with Crippen molar-refractivity contribution in [3.8, 4) is 0 Å². The van der Waals surface area contributed by atoms with Gasteiger partial charge in [-0.05, 0) is 32.4 Å². The second kappa shape index (κ2) is 10.7. The molecule has 1 aromatic rings. The summed E-state index contributed by atoms with van der Waals surface area (Å²) in [6, 6.07) is 7.92. The Labute approximate surface area is 167 Å². The van der Waals surface area contributed by atoms with Gasteiger partial charge in [0.2, 0.25) is 10.0 Å². The molecule has 1 saturated heterocycles. The lowest BCUT2D eigenvalue weighted by atomic mass is 10.2. The summed E-state index contributed by atoms with van der Waals surface area (Å²) in [5.74, 6) is 0.990. The summed E-state index contributed by atoms with van der Waals surface area (Å²) in [4.78, 5) is 9.19. The van der Waals surface area contributed by atoms with E-state index in [4.69, 9.17) is 11.6 Å². The zero-order valence-corrected chi connectivity index (χ0v) is 17.7. The van der Waals surface area contributed by atoms with Crippen molar-refractivity contribution in [1.82, 2.24) is 14.9 Å². The van der Waals surface area contributed by atoms with E-state index in [-0.39, 0.29) is 5.75 Å². The maximum absolute atomic E-state index is 11.4. The molecule has 0 bridgehead atoms. The monoisotopic (exact) mass is 415 g/mol. The van der Waals surface area contributed by atoms with Gasteiger partial charge in [-0.1, -0.05) is 23.7 Å². The highest BCUT2D eigenvalue weighted by Gasteiger charge is 2.20. The van der Waals surface area contributed by atoms with Gasteiger partial charge in [0.05, 0.1) is 16.5 Å². The van der Waals surface area contributed by atoms with Gasteiger partial charge < -0.3 is 15.1 Å². The molecule has 0 saturated carbocycles. The molecule has 0 aliphatic carbocycles. The number of para-hydroxylation sites is 1. The summed E-state index contributed by atoms with van der Waals surface area (Å²) in [7, 11) is -3.13. The Morgan fingerprint density at radius 2 is 1.89 bits per heavy atom. The SMILES string of the molecule is CCNC(=NCCCNS(=O)(=O)CC)N1CCN(c2ccccc2Cl)CC1. The first-order valence-electron chi connectivity index (χ1n) is 9.47. The smallest absolute Gasteiger partial charge is 0.211 e. The molecule has 7 nitrogen and oxygen atoms in total. The standard InChI is InChI=1S/C18H30ClN5O2S/c1-3-20-18(21-10-7-11-22-27(25,26)4-2)24-14-12-23(13-15-24)17-9-6-5-8-16(17)19/h5-6,8-9,22H,3-4,7,10-15H2,1-2H3,(H,20,21). The van der Waals surface area contributed by atoms with Crippen LogP contribution in [0, 0.1) is 0 Å². The largest absolute Gasteiger partial charge is 0.367 e. The fraction of sp³-hybridized carbons (Fsp3) is 0.611. The summed E-state index contributed by atoms with van der Waals surface area (Å²) in [6.45, 7) is 8.95. The minimum atomic E-state index is -3.13. The van der Waals surface area contributed by atoms with Crippen LogP contribution >= 0.6 is 11.6 Å². The van der Waals surface area contributed by atoms with Crippen molar-refractivity contribution in [2.75, 3.05) is 56.5 Å². The Bertz CT molecular complexity index is 718. The molecular weight excluding hydrogens is 386 g/mol. The molecule has 9 heteroatoms. The van der Waals surface area contributed by atoms with E-state index >= 15 is 0 Å². The van der Waals surface area contributed by atoms with E-state index in [1.54, 1.807) is 6.92 Å². The van der Waals surface area contributed by atoms with E-state index in [2.05, 4.69) is 30.9 Å². The predicted molar refractivity (Wildman–Crippen MR) is 113 cm³/mol. The molecule has 0 spiro atoms. The van der Waals surface area contributed by atoms with E-state index in [0.29, 0.717) is 19.5 Å². The third-order valence-corrected chi connectivity index (χ3v) is 6.13. The van der Waals surface area contributed by atoms with E-state index in [9.17, 15) is 8.42 Å². The molecule has 2 rings (SSSR count). The predicted octanol–water partition coefficient (Wildman–Crippen LogP) is 1.76. The Morgan fingerprint density at radius 3 is 2.52 bits per heavy atom. The molecule has 1 aliphatic rings. The summed E-state index contributed by atoms with van der Waals surface area (Å²) in [5, 5.41) is 4.11. The minimum absolute atomic E-state index is 0.106. The number of anilines is 1. The van der Waals surface area contributed by atoms with Crippen LogP contribution in [0.15, 0.2) is 29.3 Å². The highest BCUT2D eigenvalue weighted by atomic mass is 35.5. The van der Waals surface area contributed by atoms with Gasteiger partial charge in [-0.3, -0.25) is 4.99 Å². The minimum Gasteiger partial charge on any atom is -0.367 e. The zero-order chi connectivity index (χ0) is 19.7. The van der Waals surface area contributed by atoms with Gasteiger partial charge in [-0.2, -0.15) is 0 Å². The molecule has 1 aliphatic heterocycles. The van der Waals surface area contributed by atoms with Crippen molar-refractivity contribution >= 4 is 33.3 Å². The number of nitrogens with one attached hydrogen (secondary N) is 2. The van der Waals surface area contributed by atoms with Gasteiger partial charge in [-0.15, -0.1) is 0 Å². The Kier molecular flexibility index (Phi) is 8.66. The number of piperazine rings is 1. The van der Waals surface area contributed by atoms with Crippen LogP contribution in [-0.4, -0.2) is 70.8 Å². The number of aliphatic imine (C=N–C) groups is 1. The van der Waals surface area contributed by atoms with Gasteiger partial charge >= 0.3 is 0 Å². The van der Waals surface area contributed by atoms with Crippen LogP contribution in [0.25, 0.3) is 0 Å². The number of hydrogen-bond acceptors (Lipinski definition) is 4. The molecule has 0 unspecified atom stereocenters. The molecule has 0 radical (unpaired) electrons. The molecule has 0 amide bonds. The van der Waals surface area contributed by atoms with Crippen LogP contribution in [0.4, 0.5) is 5.69 Å². The first-order valence-corrected chi connectivity index (χ1v) is 11.5. The number of hydrogen-bond donors (Lipinski definition) is 2. The van der Waals surface area contributed by atoms with Crippen LogP contribution < -0.4 is 14.9 Å². The van der Waals surface area contributed by atoms with E-state index < -0.39 is 10.0 Å². The molecule has 152 valence electrons. The molecule has 1 fully saturated rings. The third kappa shape index (κ3) is 6.86. The van der Waals surface area contributed by atoms with Crippen molar-refractivity contribution in [2.24, 2.45) is 4.99 Å². The van der Waals surface area contributed by atoms with E-state index in [1.807, 2.05) is 25.1 Å². The number of benzene rings is 1. The number of halogens is 1. The van der Waals surface area contributed by atoms with Gasteiger partial charge in [0.15, 0.2) is 5.96 Å². The van der Waals surface area contributed by atoms with Crippen LogP contribution in [-0.2, 0) is 10.0 Å². The van der Waals surface area contributed by atoms with E-state index in [1.165, 1.54) is 0 Å². The second-order valence-electron chi connectivity index (χ2n) is 6.31. The molecule has 1 heterocycles. The third-order valence-electron chi connectivity index (χ3n) is 4.41. The average Bonchev–Trinajstić information content (AvgIpc) is 2.67. The average molecular weight is 416 g/mol. The molecular formula is C18H30ClN5O2S. The Morgan fingerprint density at radius 1 is 1.19 bits per heavy atom. The van der Waals surface area contributed by atoms with Gasteiger partial charge in [0.1, 0.15) is 0 Å². The van der Waals surface area contributed by atoms with Gasteiger partial charge in [-0.25, -0.2) is 13.1 Å². The fourth-order valence-electron chi connectivity index (χ4n) is 2.89. The van der Waals surface area contributed by atoms with Crippen molar-refractivity contribution in [1.29, 1.82) is 0 Å². The lowest BCUT2D eigenvalue weighted by Gasteiger charge is -2.38. The first-order chi connectivity index (χ1) is 13.0.